The minimum Gasteiger partial charge on any atom is -0.379 e. The zero-order valence-corrected chi connectivity index (χ0v) is 11.6. The Kier molecular flexibility index (Phi) is 6.65. The third kappa shape index (κ3) is 6.01. The fourth-order valence-corrected chi connectivity index (χ4v) is 2.20. The van der Waals surface area contributed by atoms with Crippen LogP contribution in [0.5, 0.6) is 0 Å². The number of morpholine rings is 1. The molecule has 0 saturated carbocycles. The van der Waals surface area contributed by atoms with Crippen molar-refractivity contribution >= 4 is 6.08 Å². The summed E-state index contributed by atoms with van der Waals surface area (Å²) < 4.78 is 5.33. The van der Waals surface area contributed by atoms with Gasteiger partial charge in [0.15, 0.2) is 0 Å². The first kappa shape index (κ1) is 14.3. The van der Waals surface area contributed by atoms with Crippen molar-refractivity contribution in [2.24, 2.45) is 0 Å². The molecule has 3 heteroatoms. The number of hydrogen-bond donors (Lipinski definition) is 1. The van der Waals surface area contributed by atoms with Gasteiger partial charge in [-0.15, -0.1) is 0 Å². The zero-order chi connectivity index (χ0) is 13.2. The molecule has 0 atom stereocenters. The van der Waals surface area contributed by atoms with Crippen LogP contribution in [0.4, 0.5) is 0 Å². The first-order valence-electron chi connectivity index (χ1n) is 7.17. The Morgan fingerprint density at radius 2 is 1.95 bits per heavy atom. The van der Waals surface area contributed by atoms with Crippen LogP contribution in [0.2, 0.25) is 0 Å². The molecule has 1 saturated heterocycles. The van der Waals surface area contributed by atoms with Crippen LogP contribution in [0.3, 0.4) is 0 Å². The van der Waals surface area contributed by atoms with Crippen LogP contribution in [0.25, 0.3) is 6.08 Å². The average Bonchev–Trinajstić information content (AvgIpc) is 2.48. The lowest BCUT2D eigenvalue weighted by atomic mass is 10.2. The Bertz CT molecular complexity index is 358. The van der Waals surface area contributed by atoms with Gasteiger partial charge in [-0.25, -0.2) is 0 Å². The lowest BCUT2D eigenvalue weighted by molar-refractivity contribution is 0.0375. The first-order chi connectivity index (χ1) is 9.45. The van der Waals surface area contributed by atoms with Gasteiger partial charge in [0.2, 0.25) is 0 Å². The summed E-state index contributed by atoms with van der Waals surface area (Å²) in [5.74, 6) is 0. The molecule has 0 bridgehead atoms. The Hall–Kier alpha value is -1.16. The number of nitrogens with zero attached hydrogens (tertiary/aromatic N) is 1. The van der Waals surface area contributed by atoms with Gasteiger partial charge in [0, 0.05) is 19.6 Å². The van der Waals surface area contributed by atoms with E-state index in [0.717, 1.165) is 39.4 Å². The molecule has 0 radical (unpaired) electrons. The van der Waals surface area contributed by atoms with Gasteiger partial charge >= 0.3 is 0 Å². The summed E-state index contributed by atoms with van der Waals surface area (Å²) in [5.41, 5.74) is 1.26. The third-order valence-electron chi connectivity index (χ3n) is 3.30. The Labute approximate surface area is 116 Å². The van der Waals surface area contributed by atoms with E-state index >= 15 is 0 Å². The van der Waals surface area contributed by atoms with E-state index in [4.69, 9.17) is 4.74 Å². The second kappa shape index (κ2) is 8.86. The first-order valence-corrected chi connectivity index (χ1v) is 7.17. The second-order valence-corrected chi connectivity index (χ2v) is 4.82. The molecule has 1 aliphatic heterocycles. The third-order valence-corrected chi connectivity index (χ3v) is 3.30. The van der Waals surface area contributed by atoms with Crippen LogP contribution in [-0.2, 0) is 4.74 Å². The van der Waals surface area contributed by atoms with E-state index in [0.29, 0.717) is 0 Å². The van der Waals surface area contributed by atoms with Gasteiger partial charge in [-0.2, -0.15) is 0 Å². The molecule has 0 spiro atoms. The van der Waals surface area contributed by atoms with Crippen LogP contribution < -0.4 is 5.32 Å². The van der Waals surface area contributed by atoms with Gasteiger partial charge in [0.25, 0.3) is 0 Å². The van der Waals surface area contributed by atoms with Crippen molar-refractivity contribution in [3.05, 3.63) is 42.0 Å². The van der Waals surface area contributed by atoms with Crippen molar-refractivity contribution in [2.45, 2.75) is 6.42 Å². The van der Waals surface area contributed by atoms with Crippen molar-refractivity contribution in [3.8, 4) is 0 Å². The van der Waals surface area contributed by atoms with Gasteiger partial charge in [0.05, 0.1) is 13.2 Å². The highest BCUT2D eigenvalue weighted by Gasteiger charge is 2.08. The lowest BCUT2D eigenvalue weighted by Crippen LogP contribution is -2.37. The molecule has 1 N–H and O–H groups in total. The van der Waals surface area contributed by atoms with Crippen LogP contribution in [0.15, 0.2) is 36.4 Å². The molecular formula is C16H24N2O. The molecule has 1 aromatic carbocycles. The standard InChI is InChI=1S/C16H24N2O/c1-2-6-16(7-3-1)8-4-9-17-10-5-11-18-12-14-19-15-13-18/h1-4,6-8,17H,5,9-15H2/b8-4+. The number of hydrogen-bond acceptors (Lipinski definition) is 3. The maximum Gasteiger partial charge on any atom is 0.0594 e. The van der Waals surface area contributed by atoms with Gasteiger partial charge < -0.3 is 10.1 Å². The fraction of sp³-hybridized carbons (Fsp3) is 0.500. The van der Waals surface area contributed by atoms with Crippen LogP contribution in [-0.4, -0.2) is 50.8 Å². The summed E-state index contributed by atoms with van der Waals surface area (Å²) in [6, 6.07) is 10.4. The smallest absolute Gasteiger partial charge is 0.0594 e. The summed E-state index contributed by atoms with van der Waals surface area (Å²) in [7, 11) is 0. The van der Waals surface area contributed by atoms with E-state index < -0.39 is 0 Å². The molecule has 1 heterocycles. The van der Waals surface area contributed by atoms with Crippen LogP contribution in [0.1, 0.15) is 12.0 Å². The lowest BCUT2D eigenvalue weighted by Gasteiger charge is -2.26. The van der Waals surface area contributed by atoms with Crippen molar-refractivity contribution in [1.82, 2.24) is 10.2 Å². The fourth-order valence-electron chi connectivity index (χ4n) is 2.20. The van der Waals surface area contributed by atoms with Gasteiger partial charge in [-0.1, -0.05) is 42.5 Å². The van der Waals surface area contributed by atoms with E-state index in [9.17, 15) is 0 Å². The quantitative estimate of drug-likeness (QED) is 0.759. The van der Waals surface area contributed by atoms with Crippen LogP contribution in [0, 0.1) is 0 Å². The summed E-state index contributed by atoms with van der Waals surface area (Å²) in [4.78, 5) is 2.48. The van der Waals surface area contributed by atoms with Crippen molar-refractivity contribution in [2.75, 3.05) is 45.9 Å². The van der Waals surface area contributed by atoms with Gasteiger partial charge in [-0.3, -0.25) is 4.90 Å². The summed E-state index contributed by atoms with van der Waals surface area (Å²) in [6.45, 7) is 7.18. The molecule has 1 fully saturated rings. The highest BCUT2D eigenvalue weighted by molar-refractivity contribution is 5.48. The van der Waals surface area contributed by atoms with Crippen molar-refractivity contribution in [3.63, 3.8) is 0 Å². The summed E-state index contributed by atoms with van der Waals surface area (Å²) in [5, 5.41) is 3.45. The largest absolute Gasteiger partial charge is 0.379 e. The van der Waals surface area contributed by atoms with Gasteiger partial charge in [0.1, 0.15) is 0 Å². The topological polar surface area (TPSA) is 24.5 Å². The molecule has 0 amide bonds. The molecule has 2 rings (SSSR count). The highest BCUT2D eigenvalue weighted by atomic mass is 16.5. The normalized spacial score (nSPS) is 17.1. The molecule has 19 heavy (non-hydrogen) atoms. The van der Waals surface area contributed by atoms with Gasteiger partial charge in [-0.05, 0) is 25.1 Å². The average molecular weight is 260 g/mol. The molecule has 1 aliphatic rings. The number of benzene rings is 1. The monoisotopic (exact) mass is 260 g/mol. The predicted molar refractivity (Wildman–Crippen MR) is 80.2 cm³/mol. The van der Waals surface area contributed by atoms with E-state index in [2.05, 4.69) is 46.6 Å². The Morgan fingerprint density at radius 3 is 2.74 bits per heavy atom. The number of ether oxygens (including phenoxy) is 1. The van der Waals surface area contributed by atoms with E-state index in [-0.39, 0.29) is 0 Å². The van der Waals surface area contributed by atoms with Crippen molar-refractivity contribution < 1.29 is 4.74 Å². The number of nitrogens with one attached hydrogen (secondary N) is 1. The minimum absolute atomic E-state index is 0.896. The minimum atomic E-state index is 0.896. The highest BCUT2D eigenvalue weighted by Crippen LogP contribution is 2.00. The van der Waals surface area contributed by atoms with E-state index in [1.807, 2.05) is 6.07 Å². The maximum absolute atomic E-state index is 5.33. The van der Waals surface area contributed by atoms with E-state index in [1.54, 1.807) is 0 Å². The molecule has 3 nitrogen and oxygen atoms in total. The second-order valence-electron chi connectivity index (χ2n) is 4.82. The molecule has 0 unspecified atom stereocenters. The SMILES string of the molecule is C(=C\c1ccccc1)/CNCCCN1CCOCC1. The molecule has 0 aromatic heterocycles. The Morgan fingerprint density at radius 1 is 1.16 bits per heavy atom. The Balaban J connectivity index is 1.49. The predicted octanol–water partition coefficient (Wildman–Crippen LogP) is 2.01. The van der Waals surface area contributed by atoms with Crippen molar-refractivity contribution in [1.29, 1.82) is 0 Å². The summed E-state index contributed by atoms with van der Waals surface area (Å²) >= 11 is 0. The molecule has 0 aliphatic carbocycles. The molecular weight excluding hydrogens is 236 g/mol. The number of rotatable bonds is 7. The zero-order valence-electron chi connectivity index (χ0n) is 11.6. The summed E-state index contributed by atoms with van der Waals surface area (Å²) in [6.07, 6.45) is 5.55. The molecule has 104 valence electrons. The van der Waals surface area contributed by atoms with E-state index in [1.165, 1.54) is 18.5 Å². The maximum atomic E-state index is 5.33. The molecule has 1 aromatic rings. The van der Waals surface area contributed by atoms with Crippen LogP contribution >= 0.6 is 0 Å².